The molecule has 27 heavy (non-hydrogen) atoms. The van der Waals surface area contributed by atoms with Crippen LogP contribution in [0.2, 0.25) is 0 Å². The van der Waals surface area contributed by atoms with Crippen molar-refractivity contribution in [3.8, 4) is 11.5 Å². The number of hydrogen-bond donors (Lipinski definition) is 2. The molecule has 0 fully saturated rings. The van der Waals surface area contributed by atoms with E-state index in [1.54, 1.807) is 18.2 Å². The van der Waals surface area contributed by atoms with Gasteiger partial charge in [0.15, 0.2) is 6.61 Å². The van der Waals surface area contributed by atoms with E-state index in [9.17, 15) is 19.7 Å². The summed E-state index contributed by atoms with van der Waals surface area (Å²) in [6, 6.07) is 8.11. The highest BCUT2D eigenvalue weighted by molar-refractivity contribution is 5.99. The van der Waals surface area contributed by atoms with Crippen molar-refractivity contribution in [3.63, 3.8) is 0 Å². The molecule has 0 aliphatic carbocycles. The summed E-state index contributed by atoms with van der Waals surface area (Å²) in [5.41, 5.74) is 5.54. The average Bonchev–Trinajstić information content (AvgIpc) is 2.66. The third-order valence-electron chi connectivity index (χ3n) is 3.48. The molecule has 0 saturated carbocycles. The monoisotopic (exact) mass is 375 g/mol. The van der Waals surface area contributed by atoms with Gasteiger partial charge >= 0.3 is 5.97 Å². The van der Waals surface area contributed by atoms with E-state index in [1.807, 2.05) is 0 Å². The number of amides is 1. The fourth-order valence-corrected chi connectivity index (χ4v) is 2.15. The van der Waals surface area contributed by atoms with Crippen molar-refractivity contribution in [2.24, 2.45) is 0 Å². The van der Waals surface area contributed by atoms with Crippen molar-refractivity contribution in [3.05, 3.63) is 52.1 Å². The van der Waals surface area contributed by atoms with Crippen molar-refractivity contribution >= 4 is 28.9 Å². The van der Waals surface area contributed by atoms with Gasteiger partial charge in [0.25, 0.3) is 11.6 Å². The highest BCUT2D eigenvalue weighted by Gasteiger charge is 2.17. The zero-order valence-corrected chi connectivity index (χ0v) is 14.6. The maximum absolute atomic E-state index is 12.0. The lowest BCUT2D eigenvalue weighted by Gasteiger charge is -2.12. The second kappa shape index (κ2) is 8.52. The van der Waals surface area contributed by atoms with Crippen LogP contribution in [0.1, 0.15) is 10.4 Å². The van der Waals surface area contributed by atoms with E-state index >= 15 is 0 Å². The standard InChI is InChI=1S/C17H17N3O7/c1-25-11-4-6-14(15(8-11)26-2)19-16(21)9-27-17(22)12-5-3-10(20(23)24)7-13(12)18/h3-8H,9,18H2,1-2H3,(H,19,21). The van der Waals surface area contributed by atoms with Crippen LogP contribution in [0.15, 0.2) is 36.4 Å². The van der Waals surface area contributed by atoms with E-state index in [0.29, 0.717) is 17.2 Å². The number of ether oxygens (including phenoxy) is 3. The number of carbonyl (C=O) groups excluding carboxylic acids is 2. The molecule has 0 bridgehead atoms. The van der Waals surface area contributed by atoms with Crippen molar-refractivity contribution in [2.45, 2.75) is 0 Å². The number of hydrogen-bond acceptors (Lipinski definition) is 8. The Morgan fingerprint density at radius 3 is 2.48 bits per heavy atom. The summed E-state index contributed by atoms with van der Waals surface area (Å²) in [6.45, 7) is -0.579. The predicted octanol–water partition coefficient (Wildman–Crippen LogP) is 1.99. The number of nitrogens with one attached hydrogen (secondary N) is 1. The number of anilines is 2. The smallest absolute Gasteiger partial charge is 0.340 e. The Bertz CT molecular complexity index is 883. The molecular formula is C17H17N3O7. The molecule has 0 aromatic heterocycles. The molecule has 142 valence electrons. The number of nitro groups is 1. The molecule has 0 unspecified atom stereocenters. The van der Waals surface area contributed by atoms with E-state index in [2.05, 4.69) is 5.32 Å². The number of nitrogens with zero attached hydrogens (tertiary/aromatic N) is 1. The quantitative estimate of drug-likeness (QED) is 0.324. The number of esters is 1. The van der Waals surface area contributed by atoms with E-state index in [4.69, 9.17) is 19.9 Å². The molecule has 1 amide bonds. The fraction of sp³-hybridized carbons (Fsp3) is 0.176. The van der Waals surface area contributed by atoms with Gasteiger partial charge in [0.05, 0.1) is 36.1 Å². The Hall–Kier alpha value is -3.82. The van der Waals surface area contributed by atoms with Crippen LogP contribution < -0.4 is 20.5 Å². The van der Waals surface area contributed by atoms with Crippen LogP contribution in [0.5, 0.6) is 11.5 Å². The first-order valence-corrected chi connectivity index (χ1v) is 7.58. The number of nitro benzene ring substituents is 1. The first-order chi connectivity index (χ1) is 12.8. The molecular weight excluding hydrogens is 358 g/mol. The Balaban J connectivity index is 1.99. The maximum Gasteiger partial charge on any atom is 0.340 e. The minimum Gasteiger partial charge on any atom is -0.497 e. The number of rotatable bonds is 7. The number of nitrogen functional groups attached to an aromatic ring is 1. The summed E-state index contributed by atoms with van der Waals surface area (Å²) in [4.78, 5) is 34.1. The Labute approximate surface area is 154 Å². The molecule has 2 aromatic rings. The first kappa shape index (κ1) is 19.5. The average molecular weight is 375 g/mol. The fourth-order valence-electron chi connectivity index (χ4n) is 2.15. The number of nitrogens with two attached hydrogens (primary N) is 1. The minimum absolute atomic E-state index is 0.0737. The second-order valence-electron chi connectivity index (χ2n) is 5.22. The molecule has 0 aliphatic rings. The zero-order chi connectivity index (χ0) is 20.0. The summed E-state index contributed by atoms with van der Waals surface area (Å²) in [5.74, 6) is -0.565. The Morgan fingerprint density at radius 1 is 1.15 bits per heavy atom. The topological polar surface area (TPSA) is 143 Å². The third kappa shape index (κ3) is 4.84. The zero-order valence-electron chi connectivity index (χ0n) is 14.6. The van der Waals surface area contributed by atoms with Crippen LogP contribution in [0.25, 0.3) is 0 Å². The molecule has 0 radical (unpaired) electrons. The number of benzene rings is 2. The predicted molar refractivity (Wildman–Crippen MR) is 96.0 cm³/mol. The third-order valence-corrected chi connectivity index (χ3v) is 3.48. The highest BCUT2D eigenvalue weighted by Crippen LogP contribution is 2.29. The van der Waals surface area contributed by atoms with Gasteiger partial charge in [-0.3, -0.25) is 14.9 Å². The van der Waals surface area contributed by atoms with Gasteiger partial charge < -0.3 is 25.3 Å². The summed E-state index contributed by atoms with van der Waals surface area (Å²) in [6.07, 6.45) is 0. The molecule has 0 aliphatic heterocycles. The van der Waals surface area contributed by atoms with Crippen LogP contribution in [0, 0.1) is 10.1 Å². The minimum atomic E-state index is -0.876. The normalized spacial score (nSPS) is 10.0. The lowest BCUT2D eigenvalue weighted by Crippen LogP contribution is -2.21. The van der Waals surface area contributed by atoms with E-state index < -0.39 is 23.4 Å². The van der Waals surface area contributed by atoms with Gasteiger partial charge in [-0.05, 0) is 18.2 Å². The maximum atomic E-state index is 12.0. The molecule has 0 saturated heterocycles. The lowest BCUT2D eigenvalue weighted by molar-refractivity contribution is -0.384. The number of non-ortho nitro benzene ring substituents is 1. The Kier molecular flexibility index (Phi) is 6.15. The second-order valence-corrected chi connectivity index (χ2v) is 5.22. The summed E-state index contributed by atoms with van der Waals surface area (Å²) >= 11 is 0. The molecule has 0 atom stereocenters. The van der Waals surface area contributed by atoms with Gasteiger partial charge in [-0.2, -0.15) is 0 Å². The van der Waals surface area contributed by atoms with Gasteiger partial charge in [-0.1, -0.05) is 0 Å². The molecule has 2 aromatic carbocycles. The van der Waals surface area contributed by atoms with Crippen LogP contribution in [-0.4, -0.2) is 37.6 Å². The Morgan fingerprint density at radius 2 is 1.89 bits per heavy atom. The summed E-state index contributed by atoms with van der Waals surface area (Å²) < 4.78 is 15.1. The van der Waals surface area contributed by atoms with Gasteiger partial charge in [0.1, 0.15) is 11.5 Å². The molecule has 2 rings (SSSR count). The van der Waals surface area contributed by atoms with Gasteiger partial charge in [0.2, 0.25) is 0 Å². The van der Waals surface area contributed by atoms with E-state index in [1.165, 1.54) is 20.3 Å². The van der Waals surface area contributed by atoms with Crippen molar-refractivity contribution in [2.75, 3.05) is 31.9 Å². The van der Waals surface area contributed by atoms with Crippen LogP contribution in [0.4, 0.5) is 17.1 Å². The molecule has 0 heterocycles. The van der Waals surface area contributed by atoms with Crippen LogP contribution >= 0.6 is 0 Å². The summed E-state index contributed by atoms with van der Waals surface area (Å²) in [7, 11) is 2.93. The molecule has 10 nitrogen and oxygen atoms in total. The lowest BCUT2D eigenvalue weighted by atomic mass is 10.1. The number of carbonyl (C=O) groups is 2. The SMILES string of the molecule is COc1ccc(NC(=O)COC(=O)c2ccc([N+](=O)[O-])cc2N)c(OC)c1. The van der Waals surface area contributed by atoms with Gasteiger partial charge in [-0.25, -0.2) is 4.79 Å². The van der Waals surface area contributed by atoms with Crippen molar-refractivity contribution < 1.29 is 28.7 Å². The van der Waals surface area contributed by atoms with Gasteiger partial charge in [0, 0.05) is 18.2 Å². The van der Waals surface area contributed by atoms with Crippen molar-refractivity contribution in [1.29, 1.82) is 0 Å². The van der Waals surface area contributed by atoms with Gasteiger partial charge in [-0.15, -0.1) is 0 Å². The molecule has 3 N–H and O–H groups in total. The molecule has 10 heteroatoms. The van der Waals surface area contributed by atoms with E-state index in [0.717, 1.165) is 12.1 Å². The highest BCUT2D eigenvalue weighted by atomic mass is 16.6. The largest absolute Gasteiger partial charge is 0.497 e. The van der Waals surface area contributed by atoms with Crippen molar-refractivity contribution in [1.82, 2.24) is 0 Å². The first-order valence-electron chi connectivity index (χ1n) is 7.58. The number of methoxy groups -OCH3 is 2. The van der Waals surface area contributed by atoms with Crippen LogP contribution in [-0.2, 0) is 9.53 Å². The summed E-state index contributed by atoms with van der Waals surface area (Å²) in [5, 5.41) is 13.2. The van der Waals surface area contributed by atoms with E-state index in [-0.39, 0.29) is 16.9 Å². The molecule has 0 spiro atoms. The van der Waals surface area contributed by atoms with Crippen LogP contribution in [0.3, 0.4) is 0 Å².